The number of hydrogen-bond acceptors (Lipinski definition) is 2. The number of likely N-dealkylation sites (N-methyl/N-ethyl adjacent to an activating group) is 1. The molecule has 1 aromatic carbocycles. The molecule has 0 amide bonds. The maximum absolute atomic E-state index is 9.81. The van der Waals surface area contributed by atoms with Crippen LogP contribution in [0.15, 0.2) is 24.3 Å². The molecule has 0 bridgehead atoms. The first-order chi connectivity index (χ1) is 7.81. The van der Waals surface area contributed by atoms with Gasteiger partial charge in [-0.3, -0.25) is 0 Å². The number of rotatable bonds is 4. The van der Waals surface area contributed by atoms with Crippen molar-refractivity contribution in [1.82, 2.24) is 5.32 Å². The standard InChI is InChI=1S/C14H21NO/c1-15-10-14(16)13-8-6-12(7-9-13)11-4-2-3-5-11/h6-9,11,14-16H,2-5,10H2,1H3. The van der Waals surface area contributed by atoms with E-state index in [4.69, 9.17) is 0 Å². The van der Waals surface area contributed by atoms with E-state index in [0.717, 1.165) is 11.5 Å². The lowest BCUT2D eigenvalue weighted by molar-refractivity contribution is 0.178. The summed E-state index contributed by atoms with van der Waals surface area (Å²) in [5, 5.41) is 12.8. The number of hydrogen-bond donors (Lipinski definition) is 2. The van der Waals surface area contributed by atoms with Crippen LogP contribution in [0.3, 0.4) is 0 Å². The highest BCUT2D eigenvalue weighted by molar-refractivity contribution is 5.27. The van der Waals surface area contributed by atoms with E-state index < -0.39 is 0 Å². The quantitative estimate of drug-likeness (QED) is 0.816. The molecule has 16 heavy (non-hydrogen) atoms. The molecule has 0 spiro atoms. The molecule has 1 aromatic rings. The Morgan fingerprint density at radius 2 is 1.88 bits per heavy atom. The van der Waals surface area contributed by atoms with Gasteiger partial charge in [0.15, 0.2) is 0 Å². The van der Waals surface area contributed by atoms with Crippen molar-refractivity contribution in [3.63, 3.8) is 0 Å². The molecule has 2 heteroatoms. The van der Waals surface area contributed by atoms with E-state index in [9.17, 15) is 5.11 Å². The highest BCUT2D eigenvalue weighted by atomic mass is 16.3. The molecule has 0 saturated heterocycles. The van der Waals surface area contributed by atoms with Crippen LogP contribution in [0.1, 0.15) is 48.8 Å². The van der Waals surface area contributed by atoms with E-state index >= 15 is 0 Å². The Labute approximate surface area is 97.7 Å². The van der Waals surface area contributed by atoms with E-state index in [0.29, 0.717) is 6.54 Å². The van der Waals surface area contributed by atoms with Gasteiger partial charge in [0, 0.05) is 6.54 Å². The molecule has 1 aliphatic rings. The number of aliphatic hydroxyl groups is 1. The Morgan fingerprint density at radius 1 is 1.25 bits per heavy atom. The zero-order valence-corrected chi connectivity index (χ0v) is 9.95. The van der Waals surface area contributed by atoms with Crippen LogP contribution in [0.2, 0.25) is 0 Å². The molecule has 1 saturated carbocycles. The summed E-state index contributed by atoms with van der Waals surface area (Å²) in [6.07, 6.45) is 5.02. The van der Waals surface area contributed by atoms with Gasteiger partial charge in [-0.2, -0.15) is 0 Å². The van der Waals surface area contributed by atoms with Crippen LogP contribution in [-0.4, -0.2) is 18.7 Å². The van der Waals surface area contributed by atoms with E-state index in [1.807, 2.05) is 7.05 Å². The van der Waals surface area contributed by atoms with Gasteiger partial charge in [-0.05, 0) is 36.9 Å². The Hall–Kier alpha value is -0.860. The number of aliphatic hydroxyl groups excluding tert-OH is 1. The maximum Gasteiger partial charge on any atom is 0.0914 e. The molecule has 1 aliphatic carbocycles. The molecule has 0 aliphatic heterocycles. The van der Waals surface area contributed by atoms with Crippen molar-refractivity contribution < 1.29 is 5.11 Å². The summed E-state index contributed by atoms with van der Waals surface area (Å²) < 4.78 is 0. The second-order valence-electron chi connectivity index (χ2n) is 4.72. The van der Waals surface area contributed by atoms with Gasteiger partial charge in [0.1, 0.15) is 0 Å². The van der Waals surface area contributed by atoms with Gasteiger partial charge in [0.05, 0.1) is 6.10 Å². The molecule has 2 rings (SSSR count). The molecule has 2 nitrogen and oxygen atoms in total. The Bertz CT molecular complexity index is 314. The minimum atomic E-state index is -0.386. The fourth-order valence-corrected chi connectivity index (χ4v) is 2.56. The minimum absolute atomic E-state index is 0.386. The largest absolute Gasteiger partial charge is 0.387 e. The molecule has 0 radical (unpaired) electrons. The highest BCUT2D eigenvalue weighted by Gasteiger charge is 2.17. The SMILES string of the molecule is CNCC(O)c1ccc(C2CCCC2)cc1. The first-order valence-electron chi connectivity index (χ1n) is 6.24. The number of benzene rings is 1. The Kier molecular flexibility index (Phi) is 3.97. The number of nitrogens with one attached hydrogen (secondary N) is 1. The van der Waals surface area contributed by atoms with Crippen LogP contribution >= 0.6 is 0 Å². The van der Waals surface area contributed by atoms with Crippen LogP contribution in [0, 0.1) is 0 Å². The zero-order chi connectivity index (χ0) is 11.4. The lowest BCUT2D eigenvalue weighted by Crippen LogP contribution is -2.16. The Balaban J connectivity index is 2.03. The zero-order valence-electron chi connectivity index (χ0n) is 9.95. The van der Waals surface area contributed by atoms with Gasteiger partial charge in [-0.15, -0.1) is 0 Å². The van der Waals surface area contributed by atoms with Crippen LogP contribution in [0.25, 0.3) is 0 Å². The van der Waals surface area contributed by atoms with E-state index in [-0.39, 0.29) is 6.10 Å². The van der Waals surface area contributed by atoms with Crippen molar-refractivity contribution in [3.05, 3.63) is 35.4 Å². The van der Waals surface area contributed by atoms with Crippen molar-refractivity contribution in [2.75, 3.05) is 13.6 Å². The topological polar surface area (TPSA) is 32.3 Å². The van der Waals surface area contributed by atoms with Gasteiger partial charge in [-0.1, -0.05) is 37.1 Å². The van der Waals surface area contributed by atoms with Gasteiger partial charge >= 0.3 is 0 Å². The van der Waals surface area contributed by atoms with Gasteiger partial charge in [-0.25, -0.2) is 0 Å². The van der Waals surface area contributed by atoms with Crippen LogP contribution < -0.4 is 5.32 Å². The monoisotopic (exact) mass is 219 g/mol. The van der Waals surface area contributed by atoms with Crippen molar-refractivity contribution in [3.8, 4) is 0 Å². The van der Waals surface area contributed by atoms with Gasteiger partial charge in [0.2, 0.25) is 0 Å². The maximum atomic E-state index is 9.81. The molecule has 0 heterocycles. The van der Waals surface area contributed by atoms with Crippen molar-refractivity contribution in [2.45, 2.75) is 37.7 Å². The summed E-state index contributed by atoms with van der Waals surface area (Å²) >= 11 is 0. The molecular weight excluding hydrogens is 198 g/mol. The second-order valence-corrected chi connectivity index (χ2v) is 4.72. The third kappa shape index (κ3) is 2.63. The molecular formula is C14H21NO. The highest BCUT2D eigenvalue weighted by Crippen LogP contribution is 2.34. The minimum Gasteiger partial charge on any atom is -0.387 e. The van der Waals surface area contributed by atoms with Crippen LogP contribution in [0.5, 0.6) is 0 Å². The summed E-state index contributed by atoms with van der Waals surface area (Å²) in [4.78, 5) is 0. The summed E-state index contributed by atoms with van der Waals surface area (Å²) in [5.41, 5.74) is 2.45. The summed E-state index contributed by atoms with van der Waals surface area (Å²) in [6, 6.07) is 8.50. The predicted molar refractivity (Wildman–Crippen MR) is 66.5 cm³/mol. The second kappa shape index (κ2) is 5.46. The van der Waals surface area contributed by atoms with Crippen LogP contribution in [-0.2, 0) is 0 Å². The third-order valence-electron chi connectivity index (χ3n) is 3.55. The average Bonchev–Trinajstić information content (AvgIpc) is 2.83. The summed E-state index contributed by atoms with van der Waals surface area (Å²) in [7, 11) is 1.86. The third-order valence-corrected chi connectivity index (χ3v) is 3.55. The lowest BCUT2D eigenvalue weighted by atomic mass is 9.96. The van der Waals surface area contributed by atoms with Crippen molar-refractivity contribution >= 4 is 0 Å². The summed E-state index contributed by atoms with van der Waals surface area (Å²) in [6.45, 7) is 0.614. The fraction of sp³-hybridized carbons (Fsp3) is 0.571. The predicted octanol–water partition coefficient (Wildman–Crippen LogP) is 2.60. The normalized spacial score (nSPS) is 18.9. The molecule has 1 atom stereocenters. The first kappa shape index (κ1) is 11.6. The van der Waals surface area contributed by atoms with E-state index in [1.165, 1.54) is 31.2 Å². The molecule has 1 unspecified atom stereocenters. The van der Waals surface area contributed by atoms with E-state index in [1.54, 1.807) is 0 Å². The van der Waals surface area contributed by atoms with Crippen molar-refractivity contribution in [2.24, 2.45) is 0 Å². The van der Waals surface area contributed by atoms with Crippen molar-refractivity contribution in [1.29, 1.82) is 0 Å². The van der Waals surface area contributed by atoms with Gasteiger partial charge < -0.3 is 10.4 Å². The average molecular weight is 219 g/mol. The molecule has 1 fully saturated rings. The molecule has 88 valence electrons. The van der Waals surface area contributed by atoms with Gasteiger partial charge in [0.25, 0.3) is 0 Å². The first-order valence-corrected chi connectivity index (χ1v) is 6.24. The molecule has 2 N–H and O–H groups in total. The van der Waals surface area contributed by atoms with E-state index in [2.05, 4.69) is 29.6 Å². The lowest BCUT2D eigenvalue weighted by Gasteiger charge is -2.13. The summed E-state index contributed by atoms with van der Waals surface area (Å²) in [5.74, 6) is 0.760. The smallest absolute Gasteiger partial charge is 0.0914 e. The fourth-order valence-electron chi connectivity index (χ4n) is 2.56. The Morgan fingerprint density at radius 3 is 2.44 bits per heavy atom. The van der Waals surface area contributed by atoms with Crippen LogP contribution in [0.4, 0.5) is 0 Å². The molecule has 0 aromatic heterocycles.